The molecule has 1 fully saturated rings. The van der Waals surface area contributed by atoms with E-state index in [1.54, 1.807) is 6.92 Å². The van der Waals surface area contributed by atoms with Crippen molar-refractivity contribution in [2.75, 3.05) is 6.61 Å². The fourth-order valence-electron chi connectivity index (χ4n) is 2.53. The molecule has 0 atom stereocenters. The molecule has 0 saturated heterocycles. The highest BCUT2D eigenvalue weighted by Gasteiger charge is 2.41. The van der Waals surface area contributed by atoms with Crippen molar-refractivity contribution in [2.45, 2.75) is 37.1 Å². The summed E-state index contributed by atoms with van der Waals surface area (Å²) in [7, 11) is -2.22. The molecule has 1 saturated carbocycles. The smallest absolute Gasteiger partial charge is 0.422 e. The molecule has 1 aliphatic rings. The van der Waals surface area contributed by atoms with Gasteiger partial charge in [0.15, 0.2) is 0 Å². The van der Waals surface area contributed by atoms with Crippen LogP contribution < -0.4 is 10.4 Å². The molecule has 3 rings (SSSR count). The number of carbonyl (C=O) groups excluding carboxylic acids is 1. The number of fused-ring (bicyclic) bond motifs is 1. The molecule has 0 spiro atoms. The summed E-state index contributed by atoms with van der Waals surface area (Å²) in [5, 5.41) is 0. The first kappa shape index (κ1) is 16.7. The molecule has 130 valence electrons. The summed E-state index contributed by atoms with van der Waals surface area (Å²) in [6.45, 7) is 3.57. The summed E-state index contributed by atoms with van der Waals surface area (Å²) >= 11 is 0. The Kier molecular flexibility index (Phi) is 3.80. The van der Waals surface area contributed by atoms with Gasteiger partial charge in [-0.25, -0.2) is 22.7 Å². The number of sulfonamides is 1. The molecule has 24 heavy (non-hydrogen) atoms. The predicted molar refractivity (Wildman–Crippen MR) is 87.6 cm³/mol. The average Bonchev–Trinajstić information content (AvgIpc) is 3.16. The Morgan fingerprint density at radius 1 is 1.33 bits per heavy atom. The number of hydrogen-bond acceptors (Lipinski definition) is 5. The highest BCUT2D eigenvalue weighted by molar-refractivity contribution is 7.89. The Bertz CT molecular complexity index is 982. The van der Waals surface area contributed by atoms with E-state index in [2.05, 4.69) is 4.72 Å². The average molecular weight is 353 g/mol. The van der Waals surface area contributed by atoms with Gasteiger partial charge in [0.25, 0.3) is 0 Å². The number of nitrogens with one attached hydrogen (secondary N) is 1. The maximum absolute atomic E-state index is 12.5. The summed E-state index contributed by atoms with van der Waals surface area (Å²) in [5.41, 5.74) is -0.347. The van der Waals surface area contributed by atoms with Crippen LogP contribution in [0.5, 0.6) is 0 Å². The van der Waals surface area contributed by atoms with Crippen LogP contribution in [0.3, 0.4) is 0 Å². The van der Waals surface area contributed by atoms with E-state index >= 15 is 0 Å². The SMILES string of the molecule is CCOC(=O)n1c(=O)n(C)c2ccc(S(=O)(=O)NC3(C)CC3)cc21. The quantitative estimate of drug-likeness (QED) is 0.890. The number of nitrogens with zero attached hydrogens (tertiary/aromatic N) is 2. The number of rotatable bonds is 4. The zero-order chi connectivity index (χ0) is 17.7. The summed E-state index contributed by atoms with van der Waals surface area (Å²) in [6, 6.07) is 4.25. The van der Waals surface area contributed by atoms with Crippen molar-refractivity contribution in [1.29, 1.82) is 0 Å². The molecular weight excluding hydrogens is 334 g/mol. The van der Waals surface area contributed by atoms with E-state index in [1.165, 1.54) is 29.8 Å². The fourth-order valence-corrected chi connectivity index (χ4v) is 4.01. The van der Waals surface area contributed by atoms with Gasteiger partial charge in [0.2, 0.25) is 10.0 Å². The van der Waals surface area contributed by atoms with E-state index in [-0.39, 0.29) is 17.0 Å². The van der Waals surface area contributed by atoms with E-state index in [1.807, 2.05) is 6.92 Å². The molecule has 1 heterocycles. The number of aromatic nitrogens is 2. The highest BCUT2D eigenvalue weighted by Crippen LogP contribution is 2.36. The number of hydrogen-bond donors (Lipinski definition) is 1. The third-order valence-corrected chi connectivity index (χ3v) is 5.80. The predicted octanol–water partition coefficient (Wildman–Crippen LogP) is 1.18. The van der Waals surface area contributed by atoms with Crippen molar-refractivity contribution in [1.82, 2.24) is 13.9 Å². The zero-order valence-corrected chi connectivity index (χ0v) is 14.5. The first-order valence-corrected chi connectivity index (χ1v) is 9.09. The highest BCUT2D eigenvalue weighted by atomic mass is 32.2. The van der Waals surface area contributed by atoms with E-state index in [4.69, 9.17) is 4.74 Å². The maximum Gasteiger partial charge on any atom is 0.422 e. The first-order chi connectivity index (χ1) is 11.2. The van der Waals surface area contributed by atoms with Gasteiger partial charge in [-0.1, -0.05) is 0 Å². The number of carbonyl (C=O) groups is 1. The lowest BCUT2D eigenvalue weighted by Gasteiger charge is -2.12. The molecule has 0 unspecified atom stereocenters. The van der Waals surface area contributed by atoms with Gasteiger partial charge in [0.05, 0.1) is 22.5 Å². The summed E-state index contributed by atoms with van der Waals surface area (Å²) in [4.78, 5) is 24.3. The molecule has 1 aromatic carbocycles. The minimum absolute atomic E-state index is 0.00627. The van der Waals surface area contributed by atoms with Crippen molar-refractivity contribution in [3.05, 3.63) is 28.7 Å². The zero-order valence-electron chi connectivity index (χ0n) is 13.7. The minimum Gasteiger partial charge on any atom is -0.449 e. The minimum atomic E-state index is -3.73. The molecule has 8 nitrogen and oxygen atoms in total. The van der Waals surface area contributed by atoms with Gasteiger partial charge in [-0.2, -0.15) is 4.57 Å². The molecule has 0 aliphatic heterocycles. The van der Waals surface area contributed by atoms with Crippen LogP contribution >= 0.6 is 0 Å². The topological polar surface area (TPSA) is 99.4 Å². The van der Waals surface area contributed by atoms with Gasteiger partial charge < -0.3 is 4.74 Å². The molecule has 1 aliphatic carbocycles. The van der Waals surface area contributed by atoms with Crippen LogP contribution in [0.25, 0.3) is 11.0 Å². The van der Waals surface area contributed by atoms with Crippen molar-refractivity contribution < 1.29 is 17.9 Å². The number of imidazole rings is 1. The van der Waals surface area contributed by atoms with Gasteiger partial charge in [0.1, 0.15) is 0 Å². The van der Waals surface area contributed by atoms with Gasteiger partial charge >= 0.3 is 11.8 Å². The number of ether oxygens (including phenoxy) is 1. The van der Waals surface area contributed by atoms with Crippen LogP contribution in [0.15, 0.2) is 27.9 Å². The van der Waals surface area contributed by atoms with Crippen LogP contribution in [-0.4, -0.2) is 35.8 Å². The van der Waals surface area contributed by atoms with Crippen molar-refractivity contribution >= 4 is 27.1 Å². The van der Waals surface area contributed by atoms with Crippen LogP contribution in [0.2, 0.25) is 0 Å². The van der Waals surface area contributed by atoms with E-state index in [9.17, 15) is 18.0 Å². The van der Waals surface area contributed by atoms with Crippen LogP contribution in [0.1, 0.15) is 26.7 Å². The molecule has 1 aromatic heterocycles. The summed E-state index contributed by atoms with van der Waals surface area (Å²) in [5.74, 6) is 0. The monoisotopic (exact) mass is 353 g/mol. The Balaban J connectivity index is 2.15. The van der Waals surface area contributed by atoms with Gasteiger partial charge in [-0.05, 0) is 44.9 Å². The third-order valence-electron chi connectivity index (χ3n) is 4.17. The Hall–Kier alpha value is -2.13. The number of aryl methyl sites for hydroxylation is 1. The molecule has 1 N–H and O–H groups in total. The number of benzene rings is 1. The fraction of sp³-hybridized carbons (Fsp3) is 0.467. The van der Waals surface area contributed by atoms with Crippen molar-refractivity contribution in [3.63, 3.8) is 0 Å². The summed E-state index contributed by atoms with van der Waals surface area (Å²) in [6.07, 6.45) is 0.741. The molecular formula is C15H19N3O5S. The standard InChI is InChI=1S/C15H19N3O5S/c1-4-23-14(20)18-12-9-10(5-6-11(12)17(3)13(18)19)24(21,22)16-15(2)7-8-15/h5-6,9,16H,4,7-8H2,1-3H3. The van der Waals surface area contributed by atoms with Gasteiger partial charge in [0, 0.05) is 12.6 Å². The van der Waals surface area contributed by atoms with Gasteiger partial charge in [-0.3, -0.25) is 4.57 Å². The molecule has 2 aromatic rings. The normalized spacial score (nSPS) is 16.3. The molecule has 0 radical (unpaired) electrons. The van der Waals surface area contributed by atoms with E-state index < -0.39 is 27.3 Å². The second-order valence-electron chi connectivity index (χ2n) is 6.19. The van der Waals surface area contributed by atoms with Gasteiger partial charge in [-0.15, -0.1) is 0 Å². The van der Waals surface area contributed by atoms with Crippen LogP contribution in [-0.2, 0) is 21.8 Å². The van der Waals surface area contributed by atoms with E-state index in [0.29, 0.717) is 5.52 Å². The molecule has 9 heteroatoms. The lowest BCUT2D eigenvalue weighted by Crippen LogP contribution is -2.34. The van der Waals surface area contributed by atoms with Crippen LogP contribution in [0.4, 0.5) is 4.79 Å². The van der Waals surface area contributed by atoms with Crippen molar-refractivity contribution in [2.24, 2.45) is 7.05 Å². The second-order valence-corrected chi connectivity index (χ2v) is 7.88. The van der Waals surface area contributed by atoms with E-state index in [0.717, 1.165) is 17.4 Å². The first-order valence-electron chi connectivity index (χ1n) is 7.61. The maximum atomic E-state index is 12.5. The summed E-state index contributed by atoms with van der Waals surface area (Å²) < 4.78 is 34.7. The Morgan fingerprint density at radius 3 is 2.58 bits per heavy atom. The lowest BCUT2D eigenvalue weighted by molar-refractivity contribution is 0.154. The Labute approximate surface area is 139 Å². The van der Waals surface area contributed by atoms with Crippen molar-refractivity contribution in [3.8, 4) is 0 Å². The largest absolute Gasteiger partial charge is 0.449 e. The third kappa shape index (κ3) is 2.73. The second kappa shape index (κ2) is 5.45. The lowest BCUT2D eigenvalue weighted by atomic mass is 10.3. The van der Waals surface area contributed by atoms with Crippen LogP contribution in [0, 0.1) is 0 Å². The molecule has 0 bridgehead atoms. The molecule has 0 amide bonds. The Morgan fingerprint density at radius 2 is 2.00 bits per heavy atom.